The quantitative estimate of drug-likeness (QED) is 0.837. The molecule has 2 rings (SSSR count). The van der Waals surface area contributed by atoms with Crippen LogP contribution in [0.5, 0.6) is 0 Å². The van der Waals surface area contributed by atoms with Crippen LogP contribution in [0.25, 0.3) is 10.7 Å². The predicted molar refractivity (Wildman–Crippen MR) is 69.5 cm³/mol. The Labute approximate surface area is 107 Å². The van der Waals surface area contributed by atoms with Crippen molar-refractivity contribution in [2.75, 3.05) is 7.05 Å². The van der Waals surface area contributed by atoms with Gasteiger partial charge in [0.2, 0.25) is 5.91 Å². The smallest absolute Gasteiger partial charge is 0.242 e. The van der Waals surface area contributed by atoms with Gasteiger partial charge in [-0.3, -0.25) is 14.5 Å². The van der Waals surface area contributed by atoms with Gasteiger partial charge in [-0.05, 0) is 30.6 Å². The van der Waals surface area contributed by atoms with Gasteiger partial charge in [-0.1, -0.05) is 6.07 Å². The van der Waals surface area contributed by atoms with E-state index in [9.17, 15) is 4.79 Å². The number of likely N-dealkylation sites (N-methyl/N-ethyl adjacent to an activating group) is 1. The molecule has 0 aliphatic heterocycles. The second-order valence-electron chi connectivity index (χ2n) is 3.49. The van der Waals surface area contributed by atoms with Crippen LogP contribution in [0.1, 0.15) is 13.0 Å². The average molecular weight is 268 g/mol. The van der Waals surface area contributed by atoms with Crippen LogP contribution in [0.3, 0.4) is 0 Å². The molecule has 1 amide bonds. The highest BCUT2D eigenvalue weighted by Gasteiger charge is 2.19. The van der Waals surface area contributed by atoms with E-state index in [-0.39, 0.29) is 11.9 Å². The summed E-state index contributed by atoms with van der Waals surface area (Å²) < 4.78 is 2.17. The van der Waals surface area contributed by atoms with Crippen molar-refractivity contribution >= 4 is 29.5 Å². The van der Waals surface area contributed by atoms with Crippen molar-refractivity contribution in [3.63, 3.8) is 0 Å². The molecule has 0 aliphatic carbocycles. The van der Waals surface area contributed by atoms with Crippen LogP contribution >= 0.6 is 23.6 Å². The molecule has 90 valence electrons. The highest BCUT2D eigenvalue weighted by Crippen LogP contribution is 2.25. The van der Waals surface area contributed by atoms with E-state index in [4.69, 9.17) is 12.2 Å². The predicted octanol–water partition coefficient (Wildman–Crippen LogP) is 1.98. The average Bonchev–Trinajstić information content (AvgIpc) is 2.95. The van der Waals surface area contributed by atoms with Gasteiger partial charge < -0.3 is 5.32 Å². The lowest BCUT2D eigenvalue weighted by Crippen LogP contribution is -2.28. The molecule has 2 aromatic heterocycles. The Morgan fingerprint density at radius 1 is 1.71 bits per heavy atom. The highest BCUT2D eigenvalue weighted by molar-refractivity contribution is 7.71. The van der Waals surface area contributed by atoms with Gasteiger partial charge >= 0.3 is 0 Å². The number of rotatable bonds is 3. The number of aromatic nitrogens is 3. The number of thiophene rings is 1. The van der Waals surface area contributed by atoms with Crippen LogP contribution in [0.15, 0.2) is 17.5 Å². The molecule has 0 radical (unpaired) electrons. The third-order valence-electron chi connectivity index (χ3n) is 2.46. The topological polar surface area (TPSA) is 62.7 Å². The minimum atomic E-state index is -0.386. The zero-order chi connectivity index (χ0) is 12.4. The van der Waals surface area contributed by atoms with Crippen LogP contribution in [0, 0.1) is 4.77 Å². The minimum Gasteiger partial charge on any atom is -0.357 e. The van der Waals surface area contributed by atoms with E-state index >= 15 is 0 Å². The van der Waals surface area contributed by atoms with Crippen LogP contribution in [-0.2, 0) is 4.79 Å². The lowest BCUT2D eigenvalue weighted by Gasteiger charge is -2.13. The minimum absolute atomic E-state index is 0.0969. The van der Waals surface area contributed by atoms with E-state index in [1.807, 2.05) is 17.5 Å². The Bertz CT molecular complexity index is 569. The maximum Gasteiger partial charge on any atom is 0.242 e. The fraction of sp³-hybridized carbons (Fsp3) is 0.300. The van der Waals surface area contributed by atoms with Crippen LogP contribution in [0.4, 0.5) is 0 Å². The van der Waals surface area contributed by atoms with Crippen LogP contribution < -0.4 is 5.32 Å². The van der Waals surface area contributed by atoms with E-state index in [2.05, 4.69) is 15.5 Å². The first kappa shape index (κ1) is 12.0. The number of hydrogen-bond donors (Lipinski definition) is 2. The summed E-state index contributed by atoms with van der Waals surface area (Å²) in [6.07, 6.45) is 0. The molecule has 0 aromatic carbocycles. The molecule has 2 heterocycles. The normalized spacial score (nSPS) is 12.4. The summed E-state index contributed by atoms with van der Waals surface area (Å²) in [5.41, 5.74) is 0. The first-order valence-corrected chi connectivity index (χ1v) is 6.36. The summed E-state index contributed by atoms with van der Waals surface area (Å²) in [6.45, 7) is 1.79. The molecule has 0 unspecified atom stereocenters. The van der Waals surface area contributed by atoms with Crippen molar-refractivity contribution in [2.24, 2.45) is 0 Å². The standard InChI is InChI=1S/C10H12N4OS2/c1-6(9(15)11-2)14-8(12-13-10(14)16)7-4-3-5-17-7/h3-6H,1-2H3,(H,11,15)(H,13,16)/t6-/m0/s1. The van der Waals surface area contributed by atoms with Crippen molar-refractivity contribution < 1.29 is 4.79 Å². The molecular weight excluding hydrogens is 256 g/mol. The molecule has 0 aliphatic rings. The second kappa shape index (κ2) is 4.80. The van der Waals surface area contributed by atoms with Gasteiger partial charge in [0, 0.05) is 7.05 Å². The van der Waals surface area contributed by atoms with Crippen molar-refractivity contribution in [3.05, 3.63) is 22.3 Å². The number of nitrogens with zero attached hydrogens (tertiary/aromatic N) is 2. The SMILES string of the molecule is CNC(=O)[C@H](C)n1c(-c2cccs2)n[nH]c1=S. The maximum atomic E-state index is 11.7. The van der Waals surface area contributed by atoms with E-state index in [1.165, 1.54) is 0 Å². The zero-order valence-electron chi connectivity index (χ0n) is 9.43. The summed E-state index contributed by atoms with van der Waals surface area (Å²) in [5, 5.41) is 11.5. The van der Waals surface area contributed by atoms with E-state index in [0.717, 1.165) is 4.88 Å². The molecule has 7 heteroatoms. The van der Waals surface area contributed by atoms with E-state index < -0.39 is 0 Å². The van der Waals surface area contributed by atoms with Gasteiger partial charge in [0.05, 0.1) is 4.88 Å². The van der Waals surface area contributed by atoms with Crippen LogP contribution in [0.2, 0.25) is 0 Å². The summed E-state index contributed by atoms with van der Waals surface area (Å²) in [6, 6.07) is 3.50. The third-order valence-corrected chi connectivity index (χ3v) is 3.61. The van der Waals surface area contributed by atoms with Crippen molar-refractivity contribution in [2.45, 2.75) is 13.0 Å². The van der Waals surface area contributed by atoms with E-state index in [0.29, 0.717) is 10.6 Å². The maximum absolute atomic E-state index is 11.7. The summed E-state index contributed by atoms with van der Waals surface area (Å²) in [5.74, 6) is 0.599. The Morgan fingerprint density at radius 3 is 3.06 bits per heavy atom. The van der Waals surface area contributed by atoms with Gasteiger partial charge in [-0.2, -0.15) is 5.10 Å². The fourth-order valence-electron chi connectivity index (χ4n) is 1.57. The number of amides is 1. The molecule has 5 nitrogen and oxygen atoms in total. The lowest BCUT2D eigenvalue weighted by molar-refractivity contribution is -0.123. The van der Waals surface area contributed by atoms with Gasteiger partial charge in [0.1, 0.15) is 6.04 Å². The number of carbonyl (C=O) groups is 1. The Morgan fingerprint density at radius 2 is 2.47 bits per heavy atom. The molecular formula is C10H12N4OS2. The van der Waals surface area contributed by atoms with Gasteiger partial charge in [0.15, 0.2) is 10.6 Å². The molecule has 0 bridgehead atoms. The monoisotopic (exact) mass is 268 g/mol. The van der Waals surface area contributed by atoms with Crippen LogP contribution in [-0.4, -0.2) is 27.7 Å². The highest BCUT2D eigenvalue weighted by atomic mass is 32.1. The largest absolute Gasteiger partial charge is 0.357 e. The number of carbonyl (C=O) groups excluding carboxylic acids is 1. The Kier molecular flexibility index (Phi) is 3.39. The molecule has 2 aromatic rings. The van der Waals surface area contributed by atoms with Gasteiger partial charge in [-0.25, -0.2) is 0 Å². The summed E-state index contributed by atoms with van der Waals surface area (Å²) >= 11 is 6.72. The molecule has 0 spiro atoms. The Balaban J connectivity index is 2.50. The summed E-state index contributed by atoms with van der Waals surface area (Å²) in [7, 11) is 1.60. The number of H-pyrrole nitrogens is 1. The molecule has 17 heavy (non-hydrogen) atoms. The first-order valence-electron chi connectivity index (χ1n) is 5.07. The Hall–Kier alpha value is -1.47. The fourth-order valence-corrected chi connectivity index (χ4v) is 2.57. The number of nitrogens with one attached hydrogen (secondary N) is 2. The number of aromatic amines is 1. The number of hydrogen-bond acceptors (Lipinski definition) is 4. The summed E-state index contributed by atoms with van der Waals surface area (Å²) in [4.78, 5) is 12.6. The van der Waals surface area contributed by atoms with Crippen molar-refractivity contribution in [3.8, 4) is 10.7 Å². The zero-order valence-corrected chi connectivity index (χ0v) is 11.1. The van der Waals surface area contributed by atoms with Crippen molar-refractivity contribution in [1.82, 2.24) is 20.1 Å². The first-order chi connectivity index (χ1) is 8.15. The lowest BCUT2D eigenvalue weighted by atomic mass is 10.3. The van der Waals surface area contributed by atoms with Crippen molar-refractivity contribution in [1.29, 1.82) is 0 Å². The molecule has 0 saturated carbocycles. The van der Waals surface area contributed by atoms with Gasteiger partial charge in [-0.15, -0.1) is 11.3 Å². The molecule has 2 N–H and O–H groups in total. The molecule has 1 atom stereocenters. The van der Waals surface area contributed by atoms with Gasteiger partial charge in [0.25, 0.3) is 0 Å². The molecule has 0 saturated heterocycles. The molecule has 0 fully saturated rings. The third kappa shape index (κ3) is 2.16. The van der Waals surface area contributed by atoms with E-state index in [1.54, 1.807) is 29.9 Å². The second-order valence-corrected chi connectivity index (χ2v) is 4.82.